The second kappa shape index (κ2) is 10.7. The molecule has 0 aliphatic carbocycles. The molecule has 0 saturated carbocycles. The highest BCUT2D eigenvalue weighted by Gasteiger charge is 2.24. The number of guanidine groups is 1. The van der Waals surface area contributed by atoms with Crippen LogP contribution in [0.2, 0.25) is 0 Å². The summed E-state index contributed by atoms with van der Waals surface area (Å²) in [6, 6.07) is 3.66. The average molecular weight is 433 g/mol. The normalized spacial score (nSPS) is 18.9. The van der Waals surface area contributed by atoms with Crippen molar-refractivity contribution in [1.29, 1.82) is 0 Å². The maximum Gasteiger partial charge on any atom is 0.252 e. The lowest BCUT2D eigenvalue weighted by Crippen LogP contribution is -2.48. The lowest BCUT2D eigenvalue weighted by Gasteiger charge is -2.34. The van der Waals surface area contributed by atoms with Crippen molar-refractivity contribution in [2.45, 2.75) is 43.1 Å². The third-order valence-corrected chi connectivity index (χ3v) is 9.73. The largest absolute Gasteiger partial charge is 0.356 e. The van der Waals surface area contributed by atoms with Gasteiger partial charge in [-0.25, -0.2) is 8.42 Å². The molecule has 0 aromatic carbocycles. The number of nitrogens with one attached hydrogen (secondary N) is 1. The number of aliphatic imine (C=N–C) groups is 1. The first-order valence-electron chi connectivity index (χ1n) is 9.62. The lowest BCUT2D eigenvalue weighted by molar-refractivity contribution is 0.408. The monoisotopic (exact) mass is 432 g/mol. The number of thioether (sulfide) groups is 1. The van der Waals surface area contributed by atoms with E-state index in [1.165, 1.54) is 22.1 Å². The van der Waals surface area contributed by atoms with Gasteiger partial charge in [0.1, 0.15) is 4.21 Å². The highest BCUT2D eigenvalue weighted by Crippen LogP contribution is 2.25. The zero-order valence-corrected chi connectivity index (χ0v) is 19.2. The first-order chi connectivity index (χ1) is 13.0. The Morgan fingerprint density at radius 1 is 1.33 bits per heavy atom. The summed E-state index contributed by atoms with van der Waals surface area (Å²) in [4.78, 5) is 7.83. The van der Waals surface area contributed by atoms with Crippen molar-refractivity contribution < 1.29 is 8.42 Å². The molecule has 1 N–H and O–H groups in total. The molecule has 27 heavy (non-hydrogen) atoms. The first kappa shape index (κ1) is 22.5. The molecule has 1 unspecified atom stereocenters. The molecule has 0 amide bonds. The molecule has 2 rings (SSSR count). The molecular formula is C18H32N4O2S3. The van der Waals surface area contributed by atoms with Gasteiger partial charge in [0.2, 0.25) is 0 Å². The minimum absolute atomic E-state index is 0.435. The van der Waals surface area contributed by atoms with Gasteiger partial charge >= 0.3 is 0 Å². The molecule has 6 nitrogen and oxygen atoms in total. The molecule has 2 heterocycles. The minimum atomic E-state index is -3.36. The highest BCUT2D eigenvalue weighted by molar-refractivity contribution is 8.00. The number of thiophene rings is 1. The van der Waals surface area contributed by atoms with E-state index in [0.29, 0.717) is 22.5 Å². The van der Waals surface area contributed by atoms with Crippen LogP contribution >= 0.6 is 23.1 Å². The van der Waals surface area contributed by atoms with E-state index in [4.69, 9.17) is 0 Å². The fourth-order valence-electron chi connectivity index (χ4n) is 3.11. The second-order valence-electron chi connectivity index (χ2n) is 6.38. The minimum Gasteiger partial charge on any atom is -0.356 e. The number of rotatable bonds is 8. The summed E-state index contributed by atoms with van der Waals surface area (Å²) in [7, 11) is -1.53. The summed E-state index contributed by atoms with van der Waals surface area (Å²) in [5.74, 6) is 2.08. The number of nitrogens with zero attached hydrogens (tertiary/aromatic N) is 3. The van der Waals surface area contributed by atoms with Crippen LogP contribution in [0.15, 0.2) is 21.3 Å². The Balaban J connectivity index is 1.91. The van der Waals surface area contributed by atoms with Crippen molar-refractivity contribution in [2.24, 2.45) is 4.99 Å². The van der Waals surface area contributed by atoms with Crippen LogP contribution in [0.25, 0.3) is 0 Å². The number of hydrogen-bond acceptors (Lipinski definition) is 5. The molecule has 1 aliphatic heterocycles. The summed E-state index contributed by atoms with van der Waals surface area (Å²) in [5, 5.41) is 4.11. The zero-order chi connectivity index (χ0) is 19.9. The molecule has 1 atom stereocenters. The standard InChI is InChI=1S/C18H32N4O2S3/c1-5-15-14-21(12-13-25-15)18(19-4)20-11-10-16-8-9-17(26-16)27(23,24)22(6-2)7-3/h8-9,15H,5-7,10-14H2,1-4H3,(H,19,20). The van der Waals surface area contributed by atoms with Crippen LogP contribution in [0.1, 0.15) is 32.1 Å². The van der Waals surface area contributed by atoms with Crippen molar-refractivity contribution in [2.75, 3.05) is 45.5 Å². The van der Waals surface area contributed by atoms with Crippen LogP contribution in [-0.4, -0.2) is 74.4 Å². The fraction of sp³-hybridized carbons (Fsp3) is 0.722. The Bertz CT molecular complexity index is 714. The van der Waals surface area contributed by atoms with Gasteiger partial charge in [-0.3, -0.25) is 4.99 Å². The van der Waals surface area contributed by atoms with Gasteiger partial charge < -0.3 is 10.2 Å². The highest BCUT2D eigenvalue weighted by atomic mass is 32.2. The van der Waals surface area contributed by atoms with Crippen LogP contribution in [0.3, 0.4) is 0 Å². The van der Waals surface area contributed by atoms with Gasteiger partial charge in [0.15, 0.2) is 5.96 Å². The molecule has 0 bridgehead atoms. The van der Waals surface area contributed by atoms with E-state index in [9.17, 15) is 8.42 Å². The molecule has 154 valence electrons. The van der Waals surface area contributed by atoms with Crippen molar-refractivity contribution in [1.82, 2.24) is 14.5 Å². The molecule has 0 radical (unpaired) electrons. The molecule has 0 spiro atoms. The smallest absolute Gasteiger partial charge is 0.252 e. The number of hydrogen-bond donors (Lipinski definition) is 1. The summed E-state index contributed by atoms with van der Waals surface area (Å²) in [6.07, 6.45) is 1.97. The lowest BCUT2D eigenvalue weighted by atomic mass is 10.3. The van der Waals surface area contributed by atoms with E-state index in [2.05, 4.69) is 22.1 Å². The van der Waals surface area contributed by atoms with E-state index < -0.39 is 10.0 Å². The summed E-state index contributed by atoms with van der Waals surface area (Å²) >= 11 is 3.41. The Labute approximate surface area is 172 Å². The van der Waals surface area contributed by atoms with Crippen LogP contribution in [0, 0.1) is 0 Å². The van der Waals surface area contributed by atoms with Crippen molar-refractivity contribution >= 4 is 39.1 Å². The maximum atomic E-state index is 12.6. The van der Waals surface area contributed by atoms with Crippen molar-refractivity contribution in [3.05, 3.63) is 17.0 Å². The third kappa shape index (κ3) is 5.85. The van der Waals surface area contributed by atoms with Gasteiger partial charge in [0.05, 0.1) is 0 Å². The predicted molar refractivity (Wildman–Crippen MR) is 118 cm³/mol. The molecule has 1 fully saturated rings. The summed E-state index contributed by atoms with van der Waals surface area (Å²) in [5.41, 5.74) is 0. The predicted octanol–water partition coefficient (Wildman–Crippen LogP) is 2.72. The Morgan fingerprint density at radius 3 is 2.70 bits per heavy atom. The molecular weight excluding hydrogens is 400 g/mol. The second-order valence-corrected chi connectivity index (χ2v) is 11.1. The van der Waals surface area contributed by atoms with Crippen LogP contribution < -0.4 is 5.32 Å². The third-order valence-electron chi connectivity index (χ3n) is 4.70. The molecule has 1 aliphatic rings. The van der Waals surface area contributed by atoms with Crippen molar-refractivity contribution in [3.8, 4) is 0 Å². The SMILES string of the molecule is CCC1CN(C(=NC)NCCc2ccc(S(=O)(=O)N(CC)CC)s2)CCS1. The maximum absolute atomic E-state index is 12.6. The molecule has 1 saturated heterocycles. The van der Waals surface area contributed by atoms with Gasteiger partial charge in [-0.1, -0.05) is 20.8 Å². The van der Waals surface area contributed by atoms with Crippen molar-refractivity contribution in [3.63, 3.8) is 0 Å². The first-order valence-corrected chi connectivity index (χ1v) is 12.9. The molecule has 9 heteroatoms. The van der Waals surface area contributed by atoms with E-state index in [1.54, 1.807) is 6.07 Å². The Kier molecular flexibility index (Phi) is 8.91. The van der Waals surface area contributed by atoms with E-state index in [1.807, 2.05) is 38.7 Å². The van der Waals surface area contributed by atoms with E-state index in [0.717, 1.165) is 42.6 Å². The Hall–Kier alpha value is -0.770. The van der Waals surface area contributed by atoms with Crippen LogP contribution in [0.4, 0.5) is 0 Å². The van der Waals surface area contributed by atoms with Gasteiger partial charge in [0.25, 0.3) is 10.0 Å². The topological polar surface area (TPSA) is 65.0 Å². The molecule has 1 aromatic rings. The average Bonchev–Trinajstić information content (AvgIpc) is 3.16. The fourth-order valence-corrected chi connectivity index (χ4v) is 7.26. The number of sulfonamides is 1. The Morgan fingerprint density at radius 2 is 2.07 bits per heavy atom. The summed E-state index contributed by atoms with van der Waals surface area (Å²) in [6.45, 7) is 9.77. The zero-order valence-electron chi connectivity index (χ0n) is 16.8. The van der Waals surface area contributed by atoms with Gasteiger partial charge in [0, 0.05) is 55.7 Å². The van der Waals surface area contributed by atoms with Gasteiger partial charge in [-0.2, -0.15) is 16.1 Å². The van der Waals surface area contributed by atoms with Gasteiger partial charge in [-0.05, 0) is 25.0 Å². The van der Waals surface area contributed by atoms with Crippen LogP contribution in [-0.2, 0) is 16.4 Å². The van der Waals surface area contributed by atoms with Crippen LogP contribution in [0.5, 0.6) is 0 Å². The van der Waals surface area contributed by atoms with E-state index >= 15 is 0 Å². The molecule has 1 aromatic heterocycles. The van der Waals surface area contributed by atoms with Gasteiger partial charge in [-0.15, -0.1) is 11.3 Å². The summed E-state index contributed by atoms with van der Waals surface area (Å²) < 4.78 is 27.1. The van der Waals surface area contributed by atoms with E-state index in [-0.39, 0.29) is 0 Å². The quantitative estimate of drug-likeness (QED) is 0.505.